The van der Waals surface area contributed by atoms with Crippen LogP contribution in [0.3, 0.4) is 0 Å². The van der Waals surface area contributed by atoms with E-state index in [9.17, 15) is 4.79 Å². The fourth-order valence-corrected chi connectivity index (χ4v) is 2.62. The number of carbonyl (C=O) groups is 1. The zero-order valence-corrected chi connectivity index (χ0v) is 11.5. The van der Waals surface area contributed by atoms with Crippen LogP contribution in [-0.2, 0) is 23.0 Å². The van der Waals surface area contributed by atoms with Crippen molar-refractivity contribution >= 4 is 5.78 Å². The summed E-state index contributed by atoms with van der Waals surface area (Å²) in [5, 5.41) is 4.35. The van der Waals surface area contributed by atoms with Gasteiger partial charge in [0, 0.05) is 44.4 Å². The summed E-state index contributed by atoms with van der Waals surface area (Å²) in [6, 6.07) is 0. The zero-order valence-electron chi connectivity index (χ0n) is 11.5. The second kappa shape index (κ2) is 5.65. The number of ketones is 1. The average Bonchev–Trinajstić information content (AvgIpc) is 2.57. The number of rotatable bonds is 4. The highest BCUT2D eigenvalue weighted by Crippen LogP contribution is 2.21. The lowest BCUT2D eigenvalue weighted by Crippen LogP contribution is -2.19. The van der Waals surface area contributed by atoms with Crippen LogP contribution < -0.4 is 0 Å². The lowest BCUT2D eigenvalue weighted by molar-refractivity contribution is -0.120. The molecule has 1 aliphatic heterocycles. The van der Waals surface area contributed by atoms with Crippen molar-refractivity contribution in [1.29, 1.82) is 0 Å². The van der Waals surface area contributed by atoms with Gasteiger partial charge in [-0.25, -0.2) is 0 Å². The zero-order chi connectivity index (χ0) is 13.1. The van der Waals surface area contributed by atoms with E-state index in [1.807, 2.05) is 25.6 Å². The minimum Gasteiger partial charge on any atom is -0.381 e. The summed E-state index contributed by atoms with van der Waals surface area (Å²) in [6.07, 6.45) is 3.27. The van der Waals surface area contributed by atoms with E-state index >= 15 is 0 Å². The Bertz CT molecular complexity index is 431. The first-order valence-corrected chi connectivity index (χ1v) is 6.66. The van der Waals surface area contributed by atoms with Gasteiger partial charge in [-0.2, -0.15) is 5.10 Å². The lowest BCUT2D eigenvalue weighted by atomic mass is 9.92. The monoisotopic (exact) mass is 250 g/mol. The molecule has 0 radical (unpaired) electrons. The number of aryl methyl sites for hydroxylation is 2. The van der Waals surface area contributed by atoms with Gasteiger partial charge < -0.3 is 4.74 Å². The van der Waals surface area contributed by atoms with Gasteiger partial charge in [-0.05, 0) is 32.6 Å². The summed E-state index contributed by atoms with van der Waals surface area (Å²) >= 11 is 0. The molecule has 0 aromatic carbocycles. The largest absolute Gasteiger partial charge is 0.381 e. The number of hydrogen-bond acceptors (Lipinski definition) is 3. The fourth-order valence-electron chi connectivity index (χ4n) is 2.62. The second-order valence-electron chi connectivity index (χ2n) is 5.25. The van der Waals surface area contributed by atoms with E-state index in [-0.39, 0.29) is 0 Å². The average molecular weight is 250 g/mol. The molecule has 0 spiro atoms. The predicted molar refractivity (Wildman–Crippen MR) is 69.6 cm³/mol. The van der Waals surface area contributed by atoms with Crippen molar-refractivity contribution in [2.45, 2.75) is 39.5 Å². The molecule has 1 aromatic rings. The minimum atomic E-state index is 0.334. The van der Waals surface area contributed by atoms with Gasteiger partial charge in [-0.1, -0.05) is 0 Å². The molecule has 1 aromatic heterocycles. The molecule has 0 bridgehead atoms. The predicted octanol–water partition coefficient (Wildman–Crippen LogP) is 1.97. The first kappa shape index (κ1) is 13.3. The molecule has 1 aliphatic rings. The molecule has 0 amide bonds. The summed E-state index contributed by atoms with van der Waals surface area (Å²) in [5.41, 5.74) is 3.19. The third-order valence-corrected chi connectivity index (χ3v) is 3.89. The maximum Gasteiger partial charge on any atom is 0.137 e. The summed E-state index contributed by atoms with van der Waals surface area (Å²) < 4.78 is 7.17. The SMILES string of the molecule is Cc1nn(C)c(C)c1CC(=O)CC1CCOCC1. The maximum atomic E-state index is 12.1. The molecule has 0 unspecified atom stereocenters. The van der Waals surface area contributed by atoms with Crippen LogP contribution in [0.2, 0.25) is 0 Å². The van der Waals surface area contributed by atoms with E-state index in [2.05, 4.69) is 5.10 Å². The maximum absolute atomic E-state index is 12.1. The van der Waals surface area contributed by atoms with E-state index in [1.165, 1.54) is 0 Å². The van der Waals surface area contributed by atoms with E-state index in [1.54, 1.807) is 0 Å². The van der Waals surface area contributed by atoms with Gasteiger partial charge in [0.2, 0.25) is 0 Å². The number of hydrogen-bond donors (Lipinski definition) is 0. The summed E-state index contributed by atoms with van der Waals surface area (Å²) in [7, 11) is 1.93. The highest BCUT2D eigenvalue weighted by atomic mass is 16.5. The van der Waals surface area contributed by atoms with Crippen LogP contribution in [0.4, 0.5) is 0 Å². The van der Waals surface area contributed by atoms with Gasteiger partial charge in [-0.15, -0.1) is 0 Å². The van der Waals surface area contributed by atoms with Crippen LogP contribution in [0.25, 0.3) is 0 Å². The van der Waals surface area contributed by atoms with Crippen LogP contribution in [0.5, 0.6) is 0 Å². The smallest absolute Gasteiger partial charge is 0.137 e. The Balaban J connectivity index is 1.94. The molecule has 18 heavy (non-hydrogen) atoms. The molecule has 100 valence electrons. The van der Waals surface area contributed by atoms with Gasteiger partial charge in [-0.3, -0.25) is 9.48 Å². The molecule has 1 fully saturated rings. The van der Waals surface area contributed by atoms with E-state index < -0.39 is 0 Å². The molecule has 4 heteroatoms. The number of Topliss-reactive ketones (excluding diaryl/α,β-unsaturated/α-hetero) is 1. The lowest BCUT2D eigenvalue weighted by Gasteiger charge is -2.21. The van der Waals surface area contributed by atoms with Crippen LogP contribution in [0.15, 0.2) is 0 Å². The Morgan fingerprint density at radius 2 is 2.06 bits per heavy atom. The summed E-state index contributed by atoms with van der Waals surface area (Å²) in [6.45, 7) is 5.62. The van der Waals surface area contributed by atoms with Crippen molar-refractivity contribution in [3.05, 3.63) is 17.0 Å². The number of carbonyl (C=O) groups excluding carboxylic acids is 1. The Kier molecular flexibility index (Phi) is 4.17. The number of ether oxygens (including phenoxy) is 1. The second-order valence-corrected chi connectivity index (χ2v) is 5.25. The van der Waals surface area contributed by atoms with Gasteiger partial charge in [0.05, 0.1) is 5.69 Å². The third kappa shape index (κ3) is 2.99. The Labute approximate surface area is 108 Å². The molecule has 4 nitrogen and oxygen atoms in total. The van der Waals surface area contributed by atoms with Gasteiger partial charge in [0.1, 0.15) is 5.78 Å². The van der Waals surface area contributed by atoms with Crippen molar-refractivity contribution in [3.8, 4) is 0 Å². The van der Waals surface area contributed by atoms with Crippen molar-refractivity contribution in [2.75, 3.05) is 13.2 Å². The number of nitrogens with zero attached hydrogens (tertiary/aromatic N) is 2. The highest BCUT2D eigenvalue weighted by Gasteiger charge is 2.19. The van der Waals surface area contributed by atoms with Crippen molar-refractivity contribution in [1.82, 2.24) is 9.78 Å². The Morgan fingerprint density at radius 3 is 2.61 bits per heavy atom. The van der Waals surface area contributed by atoms with Crippen molar-refractivity contribution in [3.63, 3.8) is 0 Å². The normalized spacial score (nSPS) is 17.1. The van der Waals surface area contributed by atoms with Crippen LogP contribution in [-0.4, -0.2) is 28.8 Å². The van der Waals surface area contributed by atoms with Gasteiger partial charge >= 0.3 is 0 Å². The molecule has 1 saturated heterocycles. The van der Waals surface area contributed by atoms with Crippen molar-refractivity contribution < 1.29 is 9.53 Å². The first-order valence-electron chi connectivity index (χ1n) is 6.66. The van der Waals surface area contributed by atoms with E-state index in [0.29, 0.717) is 24.5 Å². The highest BCUT2D eigenvalue weighted by molar-refractivity contribution is 5.81. The van der Waals surface area contributed by atoms with Gasteiger partial charge in [0.25, 0.3) is 0 Å². The molecule has 2 rings (SSSR count). The van der Waals surface area contributed by atoms with Crippen LogP contribution in [0, 0.1) is 19.8 Å². The minimum absolute atomic E-state index is 0.334. The molecule has 0 atom stereocenters. The number of aromatic nitrogens is 2. The van der Waals surface area contributed by atoms with Crippen LogP contribution >= 0.6 is 0 Å². The molecule has 0 N–H and O–H groups in total. The summed E-state index contributed by atoms with van der Waals surface area (Å²) in [5.74, 6) is 0.852. The standard InChI is InChI=1S/C14H22N2O2/c1-10-14(11(2)16(3)15-10)9-13(17)8-12-4-6-18-7-5-12/h12H,4-9H2,1-3H3. The molecule has 0 aliphatic carbocycles. The van der Waals surface area contributed by atoms with E-state index in [4.69, 9.17) is 4.74 Å². The molecule has 0 saturated carbocycles. The first-order chi connectivity index (χ1) is 8.58. The van der Waals surface area contributed by atoms with E-state index in [0.717, 1.165) is 43.0 Å². The fraction of sp³-hybridized carbons (Fsp3) is 0.714. The third-order valence-electron chi connectivity index (χ3n) is 3.89. The quantitative estimate of drug-likeness (QED) is 0.820. The van der Waals surface area contributed by atoms with Crippen molar-refractivity contribution in [2.24, 2.45) is 13.0 Å². The topological polar surface area (TPSA) is 44.1 Å². The molecule has 2 heterocycles. The Hall–Kier alpha value is -1.16. The molecular formula is C14H22N2O2. The molecular weight excluding hydrogens is 228 g/mol. The van der Waals surface area contributed by atoms with Gasteiger partial charge in [0.15, 0.2) is 0 Å². The summed E-state index contributed by atoms with van der Waals surface area (Å²) in [4.78, 5) is 12.1. The van der Waals surface area contributed by atoms with Crippen LogP contribution in [0.1, 0.15) is 36.2 Å². The Morgan fingerprint density at radius 1 is 1.39 bits per heavy atom.